The van der Waals surface area contributed by atoms with Crippen LogP contribution in [0.25, 0.3) is 0 Å². The van der Waals surface area contributed by atoms with Crippen molar-refractivity contribution in [1.82, 2.24) is 5.32 Å². The molecule has 3 nitrogen and oxygen atoms in total. The van der Waals surface area contributed by atoms with Crippen molar-refractivity contribution in [3.8, 4) is 0 Å². The lowest BCUT2D eigenvalue weighted by Gasteiger charge is -2.14. The lowest BCUT2D eigenvalue weighted by atomic mass is 10.2. The van der Waals surface area contributed by atoms with E-state index in [1.165, 1.54) is 0 Å². The van der Waals surface area contributed by atoms with Crippen molar-refractivity contribution in [2.45, 2.75) is 32.0 Å². The minimum Gasteiger partial charge on any atom is -0.380 e. The van der Waals surface area contributed by atoms with Gasteiger partial charge in [-0.1, -0.05) is 6.92 Å². The highest BCUT2D eigenvalue weighted by Crippen LogP contribution is 2.04. The molecular formula is C7H15NO2. The maximum Gasteiger partial charge on any atom is 0.104 e. The third-order valence-electron chi connectivity index (χ3n) is 1.74. The number of ether oxygens (including phenoxy) is 1. The smallest absolute Gasteiger partial charge is 0.104 e. The van der Waals surface area contributed by atoms with Crippen LogP contribution in [0.5, 0.6) is 0 Å². The van der Waals surface area contributed by atoms with E-state index < -0.39 is 0 Å². The summed E-state index contributed by atoms with van der Waals surface area (Å²) in [6, 6.07) is 0.370. The molecule has 2 atom stereocenters. The predicted molar refractivity (Wildman–Crippen MR) is 38.7 cm³/mol. The molecule has 0 aliphatic carbocycles. The standard InChI is InChI=1S/C7H15NO2/c1-2-7(9)8-6-3-4-10-5-6/h6-9H,2-5H2,1H3. The number of aliphatic hydroxyl groups is 1. The number of aliphatic hydroxyl groups excluding tert-OH is 1. The minimum atomic E-state index is -0.355. The Labute approximate surface area is 61.4 Å². The van der Waals surface area contributed by atoms with E-state index in [0.29, 0.717) is 6.04 Å². The van der Waals surface area contributed by atoms with Crippen LogP contribution in [0.3, 0.4) is 0 Å². The van der Waals surface area contributed by atoms with Gasteiger partial charge in [0.25, 0.3) is 0 Å². The van der Waals surface area contributed by atoms with Crippen LogP contribution in [0.4, 0.5) is 0 Å². The van der Waals surface area contributed by atoms with Crippen LogP contribution >= 0.6 is 0 Å². The van der Waals surface area contributed by atoms with Crippen molar-refractivity contribution in [1.29, 1.82) is 0 Å². The van der Waals surface area contributed by atoms with Crippen molar-refractivity contribution < 1.29 is 9.84 Å². The van der Waals surface area contributed by atoms with Gasteiger partial charge in [0.2, 0.25) is 0 Å². The van der Waals surface area contributed by atoms with Crippen LogP contribution in [0.2, 0.25) is 0 Å². The van der Waals surface area contributed by atoms with E-state index in [1.807, 2.05) is 6.92 Å². The molecule has 2 unspecified atom stereocenters. The van der Waals surface area contributed by atoms with Crippen molar-refractivity contribution in [2.24, 2.45) is 0 Å². The summed E-state index contributed by atoms with van der Waals surface area (Å²) in [5.41, 5.74) is 0. The second kappa shape index (κ2) is 3.91. The van der Waals surface area contributed by atoms with Gasteiger partial charge in [-0.3, -0.25) is 5.32 Å². The summed E-state index contributed by atoms with van der Waals surface area (Å²) in [5, 5.41) is 12.2. The van der Waals surface area contributed by atoms with Crippen molar-refractivity contribution >= 4 is 0 Å². The molecule has 60 valence electrons. The molecule has 10 heavy (non-hydrogen) atoms. The first kappa shape index (κ1) is 7.98. The molecule has 1 aliphatic heterocycles. The largest absolute Gasteiger partial charge is 0.380 e. The summed E-state index contributed by atoms with van der Waals surface area (Å²) in [6.45, 7) is 3.53. The Kier molecular flexibility index (Phi) is 3.12. The lowest BCUT2D eigenvalue weighted by Crippen LogP contribution is -2.37. The summed E-state index contributed by atoms with van der Waals surface area (Å²) in [7, 11) is 0. The second-order valence-corrected chi connectivity index (χ2v) is 2.65. The maximum atomic E-state index is 9.15. The van der Waals surface area contributed by atoms with Gasteiger partial charge >= 0.3 is 0 Å². The molecule has 1 aliphatic rings. The zero-order valence-corrected chi connectivity index (χ0v) is 6.34. The highest BCUT2D eigenvalue weighted by Gasteiger charge is 2.16. The molecule has 0 aromatic heterocycles. The Hall–Kier alpha value is -0.120. The molecule has 0 aromatic carbocycles. The van der Waals surface area contributed by atoms with E-state index in [4.69, 9.17) is 9.84 Å². The third kappa shape index (κ3) is 2.25. The van der Waals surface area contributed by atoms with E-state index in [-0.39, 0.29) is 6.23 Å². The van der Waals surface area contributed by atoms with Crippen molar-refractivity contribution in [3.63, 3.8) is 0 Å². The van der Waals surface area contributed by atoms with Gasteiger partial charge in [-0.2, -0.15) is 0 Å². The second-order valence-electron chi connectivity index (χ2n) is 2.65. The number of hydrogen-bond donors (Lipinski definition) is 2. The minimum absolute atomic E-state index is 0.355. The number of rotatable bonds is 3. The van der Waals surface area contributed by atoms with Crippen molar-refractivity contribution in [2.75, 3.05) is 13.2 Å². The Bertz CT molecular complexity index is 91.6. The van der Waals surface area contributed by atoms with Crippen LogP contribution in [0.1, 0.15) is 19.8 Å². The first-order chi connectivity index (χ1) is 4.83. The Morgan fingerprint density at radius 1 is 1.80 bits per heavy atom. The Balaban J connectivity index is 2.11. The average Bonchev–Trinajstić information content (AvgIpc) is 2.40. The third-order valence-corrected chi connectivity index (χ3v) is 1.74. The summed E-state index contributed by atoms with van der Waals surface area (Å²) >= 11 is 0. The molecule has 0 aromatic rings. The zero-order chi connectivity index (χ0) is 7.40. The van der Waals surface area contributed by atoms with E-state index in [0.717, 1.165) is 26.1 Å². The highest BCUT2D eigenvalue weighted by molar-refractivity contribution is 4.71. The Morgan fingerprint density at radius 3 is 3.10 bits per heavy atom. The predicted octanol–water partition coefficient (Wildman–Crippen LogP) is 0.0933. The average molecular weight is 145 g/mol. The highest BCUT2D eigenvalue weighted by atomic mass is 16.5. The van der Waals surface area contributed by atoms with Gasteiger partial charge in [0, 0.05) is 12.6 Å². The van der Waals surface area contributed by atoms with Gasteiger partial charge in [0.05, 0.1) is 6.61 Å². The molecule has 0 bridgehead atoms. The SMILES string of the molecule is CCC(O)NC1CCOC1. The molecule has 1 fully saturated rings. The fraction of sp³-hybridized carbons (Fsp3) is 1.00. The molecule has 1 saturated heterocycles. The fourth-order valence-electron chi connectivity index (χ4n) is 1.06. The first-order valence-electron chi connectivity index (χ1n) is 3.84. The summed E-state index contributed by atoms with van der Waals surface area (Å²) in [5.74, 6) is 0. The molecule has 3 heteroatoms. The van der Waals surface area contributed by atoms with Crippen molar-refractivity contribution in [3.05, 3.63) is 0 Å². The van der Waals surface area contributed by atoms with E-state index >= 15 is 0 Å². The van der Waals surface area contributed by atoms with Gasteiger partial charge in [-0.15, -0.1) is 0 Å². The van der Waals surface area contributed by atoms with Gasteiger partial charge in [0.1, 0.15) is 6.23 Å². The first-order valence-corrected chi connectivity index (χ1v) is 3.84. The Morgan fingerprint density at radius 2 is 2.60 bits per heavy atom. The van der Waals surface area contributed by atoms with Crippen LogP contribution in [0.15, 0.2) is 0 Å². The van der Waals surface area contributed by atoms with E-state index in [9.17, 15) is 0 Å². The summed E-state index contributed by atoms with van der Waals surface area (Å²) in [6.07, 6.45) is 1.43. The number of nitrogens with one attached hydrogen (secondary N) is 1. The zero-order valence-electron chi connectivity index (χ0n) is 6.34. The molecule has 0 amide bonds. The molecular weight excluding hydrogens is 130 g/mol. The summed E-state index contributed by atoms with van der Waals surface area (Å²) < 4.78 is 5.13. The van der Waals surface area contributed by atoms with Crippen LogP contribution in [-0.2, 0) is 4.74 Å². The quantitative estimate of drug-likeness (QED) is 0.553. The van der Waals surface area contributed by atoms with Crippen LogP contribution in [0, 0.1) is 0 Å². The molecule has 0 radical (unpaired) electrons. The molecule has 1 heterocycles. The van der Waals surface area contributed by atoms with E-state index in [2.05, 4.69) is 5.32 Å². The lowest BCUT2D eigenvalue weighted by molar-refractivity contribution is 0.110. The van der Waals surface area contributed by atoms with Gasteiger partial charge < -0.3 is 9.84 Å². The fourth-order valence-corrected chi connectivity index (χ4v) is 1.06. The van der Waals surface area contributed by atoms with E-state index in [1.54, 1.807) is 0 Å². The number of hydrogen-bond acceptors (Lipinski definition) is 3. The summed E-state index contributed by atoms with van der Waals surface area (Å²) in [4.78, 5) is 0. The monoisotopic (exact) mass is 145 g/mol. The molecule has 1 rings (SSSR count). The molecule has 0 saturated carbocycles. The topological polar surface area (TPSA) is 41.5 Å². The molecule has 2 N–H and O–H groups in total. The van der Waals surface area contributed by atoms with Crippen LogP contribution in [-0.4, -0.2) is 30.6 Å². The molecule has 0 spiro atoms. The maximum absolute atomic E-state index is 9.15. The van der Waals surface area contributed by atoms with Gasteiger partial charge in [-0.25, -0.2) is 0 Å². The van der Waals surface area contributed by atoms with Gasteiger partial charge in [-0.05, 0) is 12.8 Å². The van der Waals surface area contributed by atoms with Gasteiger partial charge in [0.15, 0.2) is 0 Å². The normalized spacial score (nSPS) is 28.8. The van der Waals surface area contributed by atoms with Crippen LogP contribution < -0.4 is 5.32 Å².